The topological polar surface area (TPSA) is 58.4 Å². The van der Waals surface area contributed by atoms with E-state index in [1.54, 1.807) is 12.4 Å². The summed E-state index contributed by atoms with van der Waals surface area (Å²) in [6, 6.07) is 7.47. The zero-order chi connectivity index (χ0) is 16.7. The first kappa shape index (κ1) is 14.9. The smallest absolute Gasteiger partial charge is 0.270 e. The summed E-state index contributed by atoms with van der Waals surface area (Å²) < 4.78 is 1.84. The van der Waals surface area contributed by atoms with Crippen LogP contribution >= 0.6 is 0 Å². The van der Waals surface area contributed by atoms with Gasteiger partial charge in [0.25, 0.3) is 5.91 Å². The first-order valence-electron chi connectivity index (χ1n) is 8.19. The number of hydrogen-bond acceptors (Lipinski definition) is 3. The van der Waals surface area contributed by atoms with Crippen LogP contribution in [0, 0.1) is 5.41 Å². The second-order valence-electron chi connectivity index (χ2n) is 6.85. The predicted octanol–water partition coefficient (Wildman–Crippen LogP) is 1.69. The van der Waals surface area contributed by atoms with Crippen molar-refractivity contribution < 1.29 is 9.59 Å². The van der Waals surface area contributed by atoms with E-state index in [1.807, 2.05) is 51.9 Å². The number of pyridine rings is 1. The normalized spacial score (nSPS) is 23.5. The van der Waals surface area contributed by atoms with E-state index in [0.717, 1.165) is 12.1 Å². The Kier molecular flexibility index (Phi) is 3.40. The maximum Gasteiger partial charge on any atom is 0.270 e. The zero-order valence-electron chi connectivity index (χ0n) is 13.7. The van der Waals surface area contributed by atoms with Gasteiger partial charge in [-0.3, -0.25) is 14.6 Å². The molecule has 0 radical (unpaired) electrons. The molecule has 0 aliphatic carbocycles. The fraction of sp³-hybridized carbons (Fsp3) is 0.389. The largest absolute Gasteiger partial charge is 0.347 e. The molecule has 124 valence electrons. The molecule has 0 aromatic carbocycles. The Morgan fingerprint density at radius 1 is 1.25 bits per heavy atom. The predicted molar refractivity (Wildman–Crippen MR) is 89.6 cm³/mol. The van der Waals surface area contributed by atoms with Crippen molar-refractivity contribution in [3.05, 3.63) is 48.5 Å². The average Bonchev–Trinajstić information content (AvgIpc) is 3.28. The van der Waals surface area contributed by atoms with E-state index in [0.29, 0.717) is 31.7 Å². The van der Waals surface area contributed by atoms with E-state index in [4.69, 9.17) is 0 Å². The summed E-state index contributed by atoms with van der Waals surface area (Å²) in [5, 5.41) is 0. The molecule has 0 unspecified atom stereocenters. The van der Waals surface area contributed by atoms with Crippen LogP contribution in [-0.2, 0) is 11.8 Å². The van der Waals surface area contributed by atoms with Crippen LogP contribution in [0.5, 0.6) is 0 Å². The summed E-state index contributed by atoms with van der Waals surface area (Å²) in [5.41, 5.74) is 1.40. The van der Waals surface area contributed by atoms with E-state index in [1.165, 1.54) is 0 Å². The van der Waals surface area contributed by atoms with E-state index in [9.17, 15) is 9.59 Å². The molecule has 6 nitrogen and oxygen atoms in total. The maximum atomic E-state index is 12.7. The van der Waals surface area contributed by atoms with E-state index < -0.39 is 0 Å². The van der Waals surface area contributed by atoms with Gasteiger partial charge < -0.3 is 14.4 Å². The fourth-order valence-corrected chi connectivity index (χ4v) is 3.87. The molecule has 1 spiro atoms. The summed E-state index contributed by atoms with van der Waals surface area (Å²) in [4.78, 5) is 33.0. The van der Waals surface area contributed by atoms with E-state index in [-0.39, 0.29) is 17.2 Å². The van der Waals surface area contributed by atoms with Gasteiger partial charge in [0.2, 0.25) is 5.91 Å². The average molecular weight is 324 g/mol. The molecule has 2 aromatic heterocycles. The summed E-state index contributed by atoms with van der Waals surface area (Å²) in [6.45, 7) is 2.01. The van der Waals surface area contributed by atoms with Gasteiger partial charge in [-0.05, 0) is 30.7 Å². The molecule has 2 amide bonds. The molecule has 0 N–H and O–H groups in total. The highest BCUT2D eigenvalue weighted by molar-refractivity contribution is 5.97. The molecular weight excluding hydrogens is 304 g/mol. The van der Waals surface area contributed by atoms with Crippen LogP contribution in [0.4, 0.5) is 5.69 Å². The van der Waals surface area contributed by atoms with E-state index in [2.05, 4.69) is 4.98 Å². The quantitative estimate of drug-likeness (QED) is 0.845. The molecule has 2 saturated heterocycles. The Labute approximate surface area is 140 Å². The van der Waals surface area contributed by atoms with E-state index >= 15 is 0 Å². The Bertz CT molecular complexity index is 785. The molecule has 2 aliphatic rings. The highest BCUT2D eigenvalue weighted by atomic mass is 16.2. The van der Waals surface area contributed by atoms with Gasteiger partial charge in [0.05, 0.1) is 11.9 Å². The van der Waals surface area contributed by atoms with Crippen molar-refractivity contribution in [3.63, 3.8) is 0 Å². The zero-order valence-corrected chi connectivity index (χ0v) is 13.7. The van der Waals surface area contributed by atoms with Crippen molar-refractivity contribution in [1.29, 1.82) is 0 Å². The first-order chi connectivity index (χ1) is 11.6. The van der Waals surface area contributed by atoms with Gasteiger partial charge in [-0.2, -0.15) is 0 Å². The lowest BCUT2D eigenvalue weighted by Gasteiger charge is -2.24. The van der Waals surface area contributed by atoms with Crippen LogP contribution in [0.25, 0.3) is 0 Å². The number of likely N-dealkylation sites (tertiary alicyclic amines) is 1. The number of rotatable bonds is 2. The second kappa shape index (κ2) is 5.47. The number of anilines is 1. The molecule has 2 fully saturated rings. The van der Waals surface area contributed by atoms with Gasteiger partial charge >= 0.3 is 0 Å². The number of amides is 2. The Morgan fingerprint density at radius 2 is 2.12 bits per heavy atom. The minimum Gasteiger partial charge on any atom is -0.347 e. The molecule has 2 aromatic rings. The van der Waals surface area contributed by atoms with Crippen molar-refractivity contribution in [2.45, 2.75) is 12.8 Å². The Morgan fingerprint density at radius 3 is 2.83 bits per heavy atom. The monoisotopic (exact) mass is 324 g/mol. The number of aryl methyl sites for hydroxylation is 1. The van der Waals surface area contributed by atoms with Gasteiger partial charge in [-0.1, -0.05) is 0 Å². The van der Waals surface area contributed by atoms with Gasteiger partial charge in [0.15, 0.2) is 0 Å². The third kappa shape index (κ3) is 2.38. The standard InChI is InChI=1S/C18H20N4O2/c1-20-8-3-5-15(20)17(24)21-9-6-18(12-21)10-16(23)22(13-18)14-4-2-7-19-11-14/h2-5,7-8,11H,6,9-10,12-13H2,1H3/t18-/m0/s1. The Hall–Kier alpha value is -2.63. The van der Waals surface area contributed by atoms with Crippen LogP contribution < -0.4 is 4.90 Å². The summed E-state index contributed by atoms with van der Waals surface area (Å²) in [7, 11) is 1.88. The first-order valence-corrected chi connectivity index (χ1v) is 8.19. The van der Waals surface area contributed by atoms with Crippen LogP contribution in [0.3, 0.4) is 0 Å². The van der Waals surface area contributed by atoms with Gasteiger partial charge in [0.1, 0.15) is 5.69 Å². The summed E-state index contributed by atoms with van der Waals surface area (Å²) in [5.74, 6) is 0.169. The lowest BCUT2D eigenvalue weighted by atomic mass is 9.86. The van der Waals surface area contributed by atoms with Crippen LogP contribution in [0.1, 0.15) is 23.3 Å². The number of aromatic nitrogens is 2. The molecule has 1 atom stereocenters. The number of nitrogens with zero attached hydrogens (tertiary/aromatic N) is 4. The third-order valence-electron chi connectivity index (χ3n) is 5.17. The highest BCUT2D eigenvalue weighted by Gasteiger charge is 2.49. The lowest BCUT2D eigenvalue weighted by molar-refractivity contribution is -0.117. The minimum atomic E-state index is -0.131. The minimum absolute atomic E-state index is 0.0478. The molecule has 0 bridgehead atoms. The third-order valence-corrected chi connectivity index (χ3v) is 5.17. The summed E-state index contributed by atoms with van der Waals surface area (Å²) >= 11 is 0. The number of carbonyl (C=O) groups excluding carboxylic acids is 2. The van der Waals surface area contributed by atoms with Crippen molar-refractivity contribution >= 4 is 17.5 Å². The number of carbonyl (C=O) groups is 2. The number of hydrogen-bond donors (Lipinski definition) is 0. The highest BCUT2D eigenvalue weighted by Crippen LogP contribution is 2.42. The molecule has 0 saturated carbocycles. The maximum absolute atomic E-state index is 12.7. The SMILES string of the molecule is Cn1cccc1C(=O)N1CC[C@]2(CC(=O)N(c3cccnc3)C2)C1. The van der Waals surface area contributed by atoms with Gasteiger partial charge in [-0.25, -0.2) is 0 Å². The van der Waals surface area contributed by atoms with Crippen LogP contribution in [0.15, 0.2) is 42.9 Å². The van der Waals surface area contributed by atoms with Gasteiger partial charge in [-0.15, -0.1) is 0 Å². The molecule has 2 aliphatic heterocycles. The van der Waals surface area contributed by atoms with Crippen molar-refractivity contribution in [2.24, 2.45) is 12.5 Å². The van der Waals surface area contributed by atoms with Crippen LogP contribution in [0.2, 0.25) is 0 Å². The van der Waals surface area contributed by atoms with Crippen molar-refractivity contribution in [3.8, 4) is 0 Å². The molecule has 24 heavy (non-hydrogen) atoms. The summed E-state index contributed by atoms with van der Waals surface area (Å²) in [6.07, 6.45) is 6.67. The van der Waals surface area contributed by atoms with Crippen molar-refractivity contribution in [1.82, 2.24) is 14.5 Å². The molecule has 6 heteroatoms. The molecule has 4 heterocycles. The second-order valence-corrected chi connectivity index (χ2v) is 6.85. The van der Waals surface area contributed by atoms with Crippen LogP contribution in [-0.4, -0.2) is 45.9 Å². The molecule has 4 rings (SSSR count). The Balaban J connectivity index is 1.51. The van der Waals surface area contributed by atoms with Crippen molar-refractivity contribution in [2.75, 3.05) is 24.5 Å². The van der Waals surface area contributed by atoms with Gasteiger partial charge in [0, 0.05) is 50.9 Å². The molecular formula is C18H20N4O2. The lowest BCUT2D eigenvalue weighted by Crippen LogP contribution is -2.34. The fourth-order valence-electron chi connectivity index (χ4n) is 3.87.